The number of benzene rings is 5. The van der Waals surface area contributed by atoms with Gasteiger partial charge in [0.25, 0.3) is 0 Å². The predicted molar refractivity (Wildman–Crippen MR) is 143 cm³/mol. The van der Waals surface area contributed by atoms with Gasteiger partial charge in [-0.25, -0.2) is 4.98 Å². The molecule has 0 bridgehead atoms. The number of furan rings is 1. The largest absolute Gasteiger partial charge is 0.438 e. The molecule has 2 aromatic heterocycles. The predicted octanol–water partition coefficient (Wildman–Crippen LogP) is 8.53. The van der Waals surface area contributed by atoms with Crippen LogP contribution in [0.4, 0.5) is 0 Å². The summed E-state index contributed by atoms with van der Waals surface area (Å²) >= 11 is 0. The van der Waals surface area contributed by atoms with Crippen LogP contribution in [0.25, 0.3) is 66.6 Å². The maximum Gasteiger partial charge on any atom is 0.231 e. The van der Waals surface area contributed by atoms with E-state index in [2.05, 4.69) is 78.9 Å². The summed E-state index contributed by atoms with van der Waals surface area (Å²) in [6, 6.07) is 41.6. The number of hydrogen-bond donors (Lipinski definition) is 0. The topological polar surface area (TPSA) is 38.9 Å². The zero-order chi connectivity index (χ0) is 23.2. The molecule has 0 amide bonds. The normalized spacial score (nSPS) is 11.4. The summed E-state index contributed by atoms with van der Waals surface area (Å²) in [5, 5.41) is 4.27. The Kier molecular flexibility index (Phi) is 4.46. The van der Waals surface area contributed by atoms with E-state index in [0.717, 1.165) is 44.1 Å². The second kappa shape index (κ2) is 7.93. The van der Waals surface area contributed by atoms with E-state index in [1.165, 1.54) is 10.9 Å². The summed E-state index contributed by atoms with van der Waals surface area (Å²) in [5.74, 6) is 0.654. The van der Waals surface area contributed by atoms with Gasteiger partial charge in [-0.05, 0) is 40.1 Å². The van der Waals surface area contributed by atoms with Crippen molar-refractivity contribution >= 4 is 32.8 Å². The van der Waals surface area contributed by atoms with Crippen LogP contribution in [0, 0.1) is 0 Å². The van der Waals surface area contributed by atoms with Crippen LogP contribution in [-0.4, -0.2) is 9.97 Å². The van der Waals surface area contributed by atoms with E-state index in [1.54, 1.807) is 0 Å². The Morgan fingerprint density at radius 3 is 1.89 bits per heavy atom. The third-order valence-electron chi connectivity index (χ3n) is 6.47. The Labute approximate surface area is 202 Å². The first-order chi connectivity index (χ1) is 17.3. The summed E-state index contributed by atoms with van der Waals surface area (Å²) in [7, 11) is 0. The standard InChI is InChI=1S/C32H20N2O/c1-3-10-21(11-4-1)23-16-9-17-26(18-23)30-29-27-19-24-14-7-8-15-25(24)20-28(27)35-32(29)34-31(33-30)22-12-5-2-6-13-22/h1-20H. The molecule has 0 N–H and O–H groups in total. The quantitative estimate of drug-likeness (QED) is 0.272. The first-order valence-electron chi connectivity index (χ1n) is 11.7. The molecule has 0 spiro atoms. The van der Waals surface area contributed by atoms with Crippen LogP contribution in [0.2, 0.25) is 0 Å². The highest BCUT2D eigenvalue weighted by molar-refractivity contribution is 6.14. The van der Waals surface area contributed by atoms with E-state index < -0.39 is 0 Å². The molecular weight excluding hydrogens is 428 g/mol. The van der Waals surface area contributed by atoms with Crippen molar-refractivity contribution in [2.75, 3.05) is 0 Å². The molecule has 0 radical (unpaired) electrons. The Hall–Kier alpha value is -4.76. The highest BCUT2D eigenvalue weighted by Crippen LogP contribution is 2.38. The third-order valence-corrected chi connectivity index (χ3v) is 6.47. The number of aromatic nitrogens is 2. The molecule has 5 aromatic carbocycles. The number of hydrogen-bond acceptors (Lipinski definition) is 3. The summed E-state index contributed by atoms with van der Waals surface area (Å²) in [6.07, 6.45) is 0. The van der Waals surface area contributed by atoms with Gasteiger partial charge in [0.2, 0.25) is 5.71 Å². The van der Waals surface area contributed by atoms with Crippen molar-refractivity contribution in [1.82, 2.24) is 9.97 Å². The minimum atomic E-state index is 0.601. The Morgan fingerprint density at radius 2 is 1.11 bits per heavy atom. The molecule has 35 heavy (non-hydrogen) atoms. The van der Waals surface area contributed by atoms with E-state index in [1.807, 2.05) is 42.5 Å². The van der Waals surface area contributed by atoms with Gasteiger partial charge in [-0.1, -0.05) is 103 Å². The van der Waals surface area contributed by atoms with Crippen molar-refractivity contribution in [3.05, 3.63) is 121 Å². The van der Waals surface area contributed by atoms with Crippen molar-refractivity contribution in [3.63, 3.8) is 0 Å². The molecule has 3 nitrogen and oxygen atoms in total. The molecule has 0 saturated heterocycles. The van der Waals surface area contributed by atoms with Crippen LogP contribution >= 0.6 is 0 Å². The van der Waals surface area contributed by atoms with Crippen molar-refractivity contribution in [2.45, 2.75) is 0 Å². The van der Waals surface area contributed by atoms with E-state index >= 15 is 0 Å². The molecule has 0 unspecified atom stereocenters. The lowest BCUT2D eigenvalue weighted by molar-refractivity contribution is 0.654. The molecule has 0 atom stereocenters. The summed E-state index contributed by atoms with van der Waals surface area (Å²) in [5.41, 5.74) is 6.61. The smallest absolute Gasteiger partial charge is 0.231 e. The minimum absolute atomic E-state index is 0.601. The molecule has 0 aliphatic carbocycles. The van der Waals surface area contributed by atoms with E-state index in [-0.39, 0.29) is 0 Å². The lowest BCUT2D eigenvalue weighted by Crippen LogP contribution is -1.94. The third kappa shape index (κ3) is 3.37. The highest BCUT2D eigenvalue weighted by atomic mass is 16.3. The van der Waals surface area contributed by atoms with E-state index in [4.69, 9.17) is 14.4 Å². The first-order valence-corrected chi connectivity index (χ1v) is 11.7. The van der Waals surface area contributed by atoms with Crippen LogP contribution < -0.4 is 0 Å². The molecule has 0 saturated carbocycles. The zero-order valence-corrected chi connectivity index (χ0v) is 18.8. The van der Waals surface area contributed by atoms with Crippen LogP contribution in [0.1, 0.15) is 0 Å². The number of rotatable bonds is 3. The molecule has 0 aliphatic rings. The Morgan fingerprint density at radius 1 is 0.486 bits per heavy atom. The lowest BCUT2D eigenvalue weighted by atomic mass is 9.99. The monoisotopic (exact) mass is 448 g/mol. The SMILES string of the molecule is c1ccc(-c2cccc(-c3nc(-c4ccccc4)nc4oc5cc6ccccc6cc5c34)c2)cc1. The first kappa shape index (κ1) is 19.7. The van der Waals surface area contributed by atoms with Gasteiger partial charge < -0.3 is 4.42 Å². The number of fused-ring (bicyclic) bond motifs is 4. The molecule has 0 aliphatic heterocycles. The number of nitrogens with zero attached hydrogens (tertiary/aromatic N) is 2. The molecule has 164 valence electrons. The van der Waals surface area contributed by atoms with Crippen molar-refractivity contribution in [1.29, 1.82) is 0 Å². The average Bonchev–Trinajstić information content (AvgIpc) is 3.29. The van der Waals surface area contributed by atoms with Gasteiger partial charge in [0.05, 0.1) is 11.1 Å². The van der Waals surface area contributed by atoms with Crippen molar-refractivity contribution < 1.29 is 4.42 Å². The van der Waals surface area contributed by atoms with Crippen LogP contribution in [0.5, 0.6) is 0 Å². The Balaban J connectivity index is 1.55. The molecular formula is C32H20N2O. The fraction of sp³-hybridized carbons (Fsp3) is 0. The van der Waals surface area contributed by atoms with E-state index in [0.29, 0.717) is 11.5 Å². The zero-order valence-electron chi connectivity index (χ0n) is 18.8. The fourth-order valence-corrected chi connectivity index (χ4v) is 4.76. The highest BCUT2D eigenvalue weighted by Gasteiger charge is 2.19. The molecule has 2 heterocycles. The van der Waals surface area contributed by atoms with Crippen LogP contribution in [0.15, 0.2) is 126 Å². The summed E-state index contributed by atoms with van der Waals surface area (Å²) < 4.78 is 6.35. The summed E-state index contributed by atoms with van der Waals surface area (Å²) in [4.78, 5) is 9.97. The van der Waals surface area contributed by atoms with Gasteiger partial charge in [0.1, 0.15) is 5.58 Å². The molecule has 7 rings (SSSR count). The van der Waals surface area contributed by atoms with Crippen molar-refractivity contribution in [2.24, 2.45) is 0 Å². The molecule has 7 aromatic rings. The fourth-order valence-electron chi connectivity index (χ4n) is 4.76. The van der Waals surface area contributed by atoms with Gasteiger partial charge in [0.15, 0.2) is 5.82 Å². The van der Waals surface area contributed by atoms with Gasteiger partial charge in [0, 0.05) is 16.5 Å². The van der Waals surface area contributed by atoms with Crippen molar-refractivity contribution in [3.8, 4) is 33.8 Å². The maximum atomic E-state index is 6.35. The second-order valence-electron chi connectivity index (χ2n) is 8.69. The molecule has 0 fully saturated rings. The average molecular weight is 449 g/mol. The van der Waals surface area contributed by atoms with E-state index in [9.17, 15) is 0 Å². The van der Waals surface area contributed by atoms with Gasteiger partial charge >= 0.3 is 0 Å². The van der Waals surface area contributed by atoms with Gasteiger partial charge in [-0.2, -0.15) is 4.98 Å². The Bertz CT molecular complexity index is 1840. The maximum absolute atomic E-state index is 6.35. The van der Waals surface area contributed by atoms with Crippen LogP contribution in [-0.2, 0) is 0 Å². The molecule has 3 heteroatoms. The lowest BCUT2D eigenvalue weighted by Gasteiger charge is -2.09. The minimum Gasteiger partial charge on any atom is -0.438 e. The summed E-state index contributed by atoms with van der Waals surface area (Å²) in [6.45, 7) is 0. The van der Waals surface area contributed by atoms with Gasteiger partial charge in [-0.3, -0.25) is 0 Å². The second-order valence-corrected chi connectivity index (χ2v) is 8.69. The van der Waals surface area contributed by atoms with Crippen LogP contribution in [0.3, 0.4) is 0 Å². The van der Waals surface area contributed by atoms with Gasteiger partial charge in [-0.15, -0.1) is 0 Å².